The number of urea groups is 1. The summed E-state index contributed by atoms with van der Waals surface area (Å²) in [6, 6.07) is 10.9. The minimum Gasteiger partial charge on any atom is -0.466 e. The Labute approximate surface area is 167 Å². The molecule has 0 aliphatic carbocycles. The number of ether oxygens (including phenoxy) is 1. The van der Waals surface area contributed by atoms with E-state index in [9.17, 15) is 18.8 Å². The van der Waals surface area contributed by atoms with Crippen LogP contribution < -0.4 is 10.6 Å². The van der Waals surface area contributed by atoms with Gasteiger partial charge in [-0.1, -0.05) is 18.2 Å². The van der Waals surface area contributed by atoms with Crippen molar-refractivity contribution in [1.29, 1.82) is 0 Å². The first-order chi connectivity index (χ1) is 13.8. The molecule has 1 atom stereocenters. The molecule has 0 radical (unpaired) electrons. The maximum Gasteiger partial charge on any atom is 0.337 e. The normalized spacial score (nSPS) is 16.3. The Morgan fingerprint density at radius 2 is 1.90 bits per heavy atom. The van der Waals surface area contributed by atoms with Gasteiger partial charge in [0.1, 0.15) is 5.82 Å². The van der Waals surface area contributed by atoms with Crippen molar-refractivity contribution in [2.24, 2.45) is 0 Å². The van der Waals surface area contributed by atoms with E-state index in [0.29, 0.717) is 22.5 Å². The average molecular weight is 397 g/mol. The molecule has 1 heterocycles. The first-order valence-corrected chi connectivity index (χ1v) is 8.82. The van der Waals surface area contributed by atoms with Crippen molar-refractivity contribution in [2.75, 3.05) is 19.5 Å². The maximum atomic E-state index is 13.4. The minimum atomic E-state index is -0.739. The predicted octanol–water partition coefficient (Wildman–Crippen LogP) is 3.22. The van der Waals surface area contributed by atoms with Crippen molar-refractivity contribution in [2.45, 2.75) is 13.0 Å². The Kier molecular flexibility index (Phi) is 5.63. The summed E-state index contributed by atoms with van der Waals surface area (Å²) in [5.41, 5.74) is 1.96. The summed E-state index contributed by atoms with van der Waals surface area (Å²) in [6.45, 7) is 1.66. The number of methoxy groups -OCH3 is 1. The van der Waals surface area contributed by atoms with Crippen molar-refractivity contribution >= 4 is 23.6 Å². The lowest BCUT2D eigenvalue weighted by molar-refractivity contribution is -0.136. The van der Waals surface area contributed by atoms with Crippen LogP contribution in [0.5, 0.6) is 0 Å². The van der Waals surface area contributed by atoms with Crippen LogP contribution in [0.4, 0.5) is 14.9 Å². The Balaban J connectivity index is 1.92. The van der Waals surface area contributed by atoms with E-state index in [1.54, 1.807) is 38.2 Å². The highest BCUT2D eigenvalue weighted by atomic mass is 19.1. The molecular weight excluding hydrogens is 377 g/mol. The molecule has 0 fully saturated rings. The fraction of sp³-hybridized carbons (Fsp3) is 0.190. The number of benzene rings is 2. The van der Waals surface area contributed by atoms with Crippen LogP contribution in [0.2, 0.25) is 0 Å². The zero-order valence-corrected chi connectivity index (χ0v) is 16.2. The third-order valence-electron chi connectivity index (χ3n) is 4.72. The zero-order valence-electron chi connectivity index (χ0n) is 16.2. The summed E-state index contributed by atoms with van der Waals surface area (Å²) >= 11 is 0. The number of anilines is 1. The number of hydrogen-bond acceptors (Lipinski definition) is 4. The molecule has 2 aromatic rings. The Bertz CT molecular complexity index is 1020. The van der Waals surface area contributed by atoms with Gasteiger partial charge in [-0.05, 0) is 42.8 Å². The lowest BCUT2D eigenvalue weighted by atomic mass is 9.94. The number of nitrogens with one attached hydrogen (secondary N) is 2. The highest BCUT2D eigenvalue weighted by Gasteiger charge is 2.34. The van der Waals surface area contributed by atoms with Crippen LogP contribution in [0.3, 0.4) is 0 Å². The summed E-state index contributed by atoms with van der Waals surface area (Å²) in [5, 5.41) is 5.46. The molecule has 0 spiro atoms. The van der Waals surface area contributed by atoms with Crippen LogP contribution in [0.1, 0.15) is 28.9 Å². The van der Waals surface area contributed by atoms with Crippen LogP contribution in [0, 0.1) is 5.82 Å². The van der Waals surface area contributed by atoms with E-state index in [1.165, 1.54) is 30.2 Å². The average Bonchev–Trinajstić information content (AvgIpc) is 2.71. The summed E-state index contributed by atoms with van der Waals surface area (Å²) < 4.78 is 18.2. The fourth-order valence-electron chi connectivity index (χ4n) is 3.09. The molecule has 3 rings (SSSR count). The van der Waals surface area contributed by atoms with Crippen molar-refractivity contribution in [3.05, 3.63) is 76.7 Å². The Morgan fingerprint density at radius 3 is 2.59 bits per heavy atom. The van der Waals surface area contributed by atoms with Crippen LogP contribution in [0.25, 0.3) is 0 Å². The monoisotopic (exact) mass is 397 g/mol. The molecule has 29 heavy (non-hydrogen) atoms. The van der Waals surface area contributed by atoms with E-state index >= 15 is 0 Å². The number of halogens is 1. The second-order valence-corrected chi connectivity index (χ2v) is 6.52. The number of carbonyl (C=O) groups is 3. The standard InChI is InChI=1S/C21H20FN3O4/c1-12-17(20(27)29-3)18(24-21(28)25(12)2)13-6-5-9-16(11-13)23-19(26)14-7-4-8-15(22)10-14/h4-11,18H,1-3H3,(H,23,26)(H,24,28). The second-order valence-electron chi connectivity index (χ2n) is 6.52. The molecule has 0 bridgehead atoms. The number of hydrogen-bond donors (Lipinski definition) is 2. The smallest absolute Gasteiger partial charge is 0.337 e. The molecule has 0 saturated carbocycles. The van der Waals surface area contributed by atoms with Gasteiger partial charge in [0.25, 0.3) is 5.91 Å². The van der Waals surface area contributed by atoms with Crippen LogP contribution in [0.15, 0.2) is 59.8 Å². The lowest BCUT2D eigenvalue weighted by Crippen LogP contribution is -2.46. The molecule has 150 valence electrons. The molecule has 1 unspecified atom stereocenters. The van der Waals surface area contributed by atoms with Crippen LogP contribution >= 0.6 is 0 Å². The number of amides is 3. The molecule has 8 heteroatoms. The summed E-state index contributed by atoms with van der Waals surface area (Å²) in [5.74, 6) is -1.55. The van der Waals surface area contributed by atoms with Crippen molar-refractivity contribution in [3.63, 3.8) is 0 Å². The van der Waals surface area contributed by atoms with E-state index in [1.807, 2.05) is 0 Å². The molecule has 1 aliphatic rings. The van der Waals surface area contributed by atoms with E-state index in [0.717, 1.165) is 6.07 Å². The van der Waals surface area contributed by atoms with Gasteiger partial charge in [0.2, 0.25) is 0 Å². The van der Waals surface area contributed by atoms with Crippen LogP contribution in [-0.4, -0.2) is 37.0 Å². The number of nitrogens with zero attached hydrogens (tertiary/aromatic N) is 1. The first kappa shape index (κ1) is 20.1. The lowest BCUT2D eigenvalue weighted by Gasteiger charge is -2.33. The minimum absolute atomic E-state index is 0.175. The van der Waals surface area contributed by atoms with Gasteiger partial charge in [-0.25, -0.2) is 14.0 Å². The SMILES string of the molecule is COC(=O)C1=C(C)N(C)C(=O)NC1c1cccc(NC(=O)c2cccc(F)c2)c1. The Morgan fingerprint density at radius 1 is 1.17 bits per heavy atom. The topological polar surface area (TPSA) is 87.7 Å². The second kappa shape index (κ2) is 8.14. The Hall–Kier alpha value is -3.68. The molecule has 1 aliphatic heterocycles. The van der Waals surface area contributed by atoms with E-state index in [2.05, 4.69) is 10.6 Å². The van der Waals surface area contributed by atoms with Gasteiger partial charge in [-0.2, -0.15) is 0 Å². The molecule has 2 aromatic carbocycles. The van der Waals surface area contributed by atoms with E-state index in [4.69, 9.17) is 4.74 Å². The summed E-state index contributed by atoms with van der Waals surface area (Å²) in [6.07, 6.45) is 0. The quantitative estimate of drug-likeness (QED) is 0.776. The fourth-order valence-corrected chi connectivity index (χ4v) is 3.09. The van der Waals surface area contributed by atoms with Gasteiger partial charge in [-0.15, -0.1) is 0 Å². The number of rotatable bonds is 4. The van der Waals surface area contributed by atoms with Crippen molar-refractivity contribution in [3.8, 4) is 0 Å². The molecule has 0 saturated heterocycles. The van der Waals surface area contributed by atoms with Crippen molar-refractivity contribution < 1.29 is 23.5 Å². The molecule has 3 amide bonds. The molecule has 2 N–H and O–H groups in total. The van der Waals surface area contributed by atoms with Gasteiger partial charge in [0.05, 0.1) is 18.7 Å². The van der Waals surface area contributed by atoms with Gasteiger partial charge < -0.3 is 20.3 Å². The first-order valence-electron chi connectivity index (χ1n) is 8.82. The maximum absolute atomic E-state index is 13.4. The van der Waals surface area contributed by atoms with Gasteiger partial charge in [0.15, 0.2) is 0 Å². The summed E-state index contributed by atoms with van der Waals surface area (Å²) in [4.78, 5) is 38.3. The number of carbonyl (C=O) groups excluding carboxylic acids is 3. The van der Waals surface area contributed by atoms with Gasteiger partial charge in [-0.3, -0.25) is 4.79 Å². The van der Waals surface area contributed by atoms with Gasteiger partial charge >= 0.3 is 12.0 Å². The number of allylic oxidation sites excluding steroid dienone is 1. The van der Waals surface area contributed by atoms with Crippen LogP contribution in [-0.2, 0) is 9.53 Å². The van der Waals surface area contributed by atoms with Crippen molar-refractivity contribution in [1.82, 2.24) is 10.2 Å². The summed E-state index contributed by atoms with van der Waals surface area (Å²) in [7, 11) is 2.82. The predicted molar refractivity (Wildman–Crippen MR) is 105 cm³/mol. The highest BCUT2D eigenvalue weighted by molar-refractivity contribution is 6.04. The number of esters is 1. The highest BCUT2D eigenvalue weighted by Crippen LogP contribution is 2.31. The third kappa shape index (κ3) is 4.11. The zero-order chi connectivity index (χ0) is 21.1. The van der Waals surface area contributed by atoms with E-state index < -0.39 is 23.7 Å². The van der Waals surface area contributed by atoms with E-state index in [-0.39, 0.29) is 11.6 Å². The van der Waals surface area contributed by atoms with Gasteiger partial charge in [0, 0.05) is 24.0 Å². The molecule has 7 nitrogen and oxygen atoms in total. The molecule has 0 aromatic heterocycles. The molecular formula is C21H20FN3O4. The third-order valence-corrected chi connectivity index (χ3v) is 4.72. The largest absolute Gasteiger partial charge is 0.466 e.